The Labute approximate surface area is 321 Å². The van der Waals surface area contributed by atoms with Crippen LogP contribution in [0.15, 0.2) is 48.5 Å². The van der Waals surface area contributed by atoms with Gasteiger partial charge in [0.05, 0.1) is 56.3 Å². The Kier molecular flexibility index (Phi) is 13.5. The van der Waals surface area contributed by atoms with Crippen molar-refractivity contribution in [1.82, 2.24) is 25.5 Å². The van der Waals surface area contributed by atoms with E-state index in [9.17, 15) is 22.7 Å². The van der Waals surface area contributed by atoms with Gasteiger partial charge in [0.1, 0.15) is 0 Å². The number of hydrogen-bond acceptors (Lipinski definition) is 13. The third-order valence-corrected chi connectivity index (χ3v) is 11.2. The number of likely N-dealkylation sites (N-methyl/N-ethyl adjacent to an activating group) is 1. The van der Waals surface area contributed by atoms with E-state index in [4.69, 9.17) is 9.29 Å². The van der Waals surface area contributed by atoms with Crippen LogP contribution < -0.4 is 20.3 Å². The second-order valence-electron chi connectivity index (χ2n) is 13.1. The zero-order chi connectivity index (χ0) is 38.9. The van der Waals surface area contributed by atoms with E-state index in [1.54, 1.807) is 18.0 Å². The minimum Gasteiger partial charge on any atom is -0.491 e. The first-order chi connectivity index (χ1) is 25.7. The van der Waals surface area contributed by atoms with Gasteiger partial charge in [-0.3, -0.25) is 4.55 Å². The lowest BCUT2D eigenvalue weighted by atomic mass is 10.2. The number of aromatic carboxylic acids is 1. The summed E-state index contributed by atoms with van der Waals surface area (Å²) in [6.07, 6.45) is 1.16. The molecule has 0 radical (unpaired) electrons. The quantitative estimate of drug-likeness (QED) is 0.0378. The van der Waals surface area contributed by atoms with Gasteiger partial charge in [0, 0.05) is 30.5 Å². The Hall–Kier alpha value is -4.77. The Morgan fingerprint density at radius 2 is 1.87 bits per heavy atom. The molecule has 54 heavy (non-hydrogen) atoms. The molecule has 0 saturated heterocycles. The molecule has 0 saturated carbocycles. The summed E-state index contributed by atoms with van der Waals surface area (Å²) in [6.45, 7) is 4.44. The molecular formula is C36H42FN8O6S3+. The summed E-state index contributed by atoms with van der Waals surface area (Å²) in [5.41, 5.74) is 2.16. The van der Waals surface area contributed by atoms with Crippen LogP contribution in [-0.4, -0.2) is 108 Å². The van der Waals surface area contributed by atoms with Crippen molar-refractivity contribution in [3.05, 3.63) is 76.0 Å². The highest BCUT2D eigenvalue weighted by Crippen LogP contribution is 2.33. The van der Waals surface area contributed by atoms with Crippen molar-refractivity contribution in [2.45, 2.75) is 26.2 Å². The Bertz CT molecular complexity index is 2240. The number of thiazole rings is 2. The molecule has 2 aromatic carbocycles. The van der Waals surface area contributed by atoms with Gasteiger partial charge < -0.3 is 29.9 Å². The average Bonchev–Trinajstić information content (AvgIpc) is 3.73. The van der Waals surface area contributed by atoms with Crippen molar-refractivity contribution in [2.24, 2.45) is 0 Å². The number of carboxylic acid groups (broad SMARTS) is 1. The molecule has 5 rings (SSSR count). The Morgan fingerprint density at radius 1 is 1.07 bits per heavy atom. The number of carboxylic acids is 1. The highest BCUT2D eigenvalue weighted by molar-refractivity contribution is 7.85. The standard InChI is InChI=1S/C36H41FN8O6S3/c1-24-22-31(42-43-33(24)41-35-39-27-11-5-6-12-29(27)52-35)44(2)36-40-32(34(46)47)30(53-36)13-8-20-51-28-15-14-25(23-26(28)37)10-7-16-38-17-19-45(3,4)18-9-21-54(48,49)50/h5-6,11-12,14-15,22-23,38H,8-9,13,16-21H2,1-4H3,(H2-,39,41,43,46,47,48,49,50)/p+1. The Morgan fingerprint density at radius 3 is 2.59 bits per heavy atom. The number of fused-ring (bicyclic) bond motifs is 1. The van der Waals surface area contributed by atoms with Gasteiger partial charge in [0.25, 0.3) is 10.1 Å². The lowest BCUT2D eigenvalue weighted by molar-refractivity contribution is -0.889. The van der Waals surface area contributed by atoms with E-state index in [0.717, 1.165) is 22.3 Å². The molecule has 18 heteroatoms. The molecule has 0 aliphatic carbocycles. The molecule has 0 fully saturated rings. The summed E-state index contributed by atoms with van der Waals surface area (Å²) >= 11 is 2.75. The molecule has 0 aliphatic rings. The van der Waals surface area contributed by atoms with Crippen molar-refractivity contribution < 1.29 is 36.5 Å². The van der Waals surface area contributed by atoms with Crippen molar-refractivity contribution in [1.29, 1.82) is 0 Å². The number of anilines is 4. The molecular weight excluding hydrogens is 756 g/mol. The Balaban J connectivity index is 1.09. The molecule has 0 bridgehead atoms. The summed E-state index contributed by atoms with van der Waals surface area (Å²) in [6, 6.07) is 14.2. The van der Waals surface area contributed by atoms with Gasteiger partial charge in [-0.2, -0.15) is 8.42 Å². The third-order valence-electron chi connectivity index (χ3n) is 8.25. The summed E-state index contributed by atoms with van der Waals surface area (Å²) < 4.78 is 52.8. The van der Waals surface area contributed by atoms with E-state index in [1.807, 2.05) is 51.4 Å². The van der Waals surface area contributed by atoms with Gasteiger partial charge in [0.15, 0.2) is 39.2 Å². The summed E-state index contributed by atoms with van der Waals surface area (Å²) in [7, 11) is 1.75. The van der Waals surface area contributed by atoms with Crippen LogP contribution in [0.2, 0.25) is 0 Å². The number of ether oxygens (including phenoxy) is 1. The number of carbonyl (C=O) groups is 1. The maximum absolute atomic E-state index is 14.8. The van der Waals surface area contributed by atoms with Gasteiger partial charge in [-0.25, -0.2) is 19.2 Å². The molecule has 0 atom stereocenters. The predicted octanol–water partition coefficient (Wildman–Crippen LogP) is 5.51. The highest BCUT2D eigenvalue weighted by atomic mass is 32.2. The van der Waals surface area contributed by atoms with E-state index in [0.29, 0.717) is 75.7 Å². The topological polar surface area (TPSA) is 180 Å². The fraction of sp³-hybridized carbons (Fsp3) is 0.361. The smallest absolute Gasteiger partial charge is 0.355 e. The fourth-order valence-corrected chi connectivity index (χ4v) is 7.70. The number of nitrogens with one attached hydrogen (secondary N) is 2. The molecule has 5 aromatic rings. The van der Waals surface area contributed by atoms with E-state index < -0.39 is 21.9 Å². The molecule has 0 unspecified atom stereocenters. The molecule has 3 heterocycles. The number of aryl methyl sites for hydroxylation is 2. The minimum atomic E-state index is -3.96. The SMILES string of the molecule is Cc1cc(N(C)c2nc(C(=O)O)c(CCCOc3ccc(C#CCNCC[N+](C)(C)CCCS(=O)(=O)O)cc3F)s2)nnc1Nc1nc2ccccc2s1. The van der Waals surface area contributed by atoms with Gasteiger partial charge >= 0.3 is 5.97 Å². The first-order valence-corrected chi connectivity index (χ1v) is 20.2. The maximum atomic E-state index is 14.8. The zero-order valence-corrected chi connectivity index (χ0v) is 32.7. The lowest BCUT2D eigenvalue weighted by Crippen LogP contribution is -2.45. The van der Waals surface area contributed by atoms with Crippen molar-refractivity contribution in [3.8, 4) is 17.6 Å². The molecule has 0 spiro atoms. The number of halogens is 1. The molecule has 4 N–H and O–H groups in total. The monoisotopic (exact) mass is 797 g/mol. The fourth-order valence-electron chi connectivity index (χ4n) is 5.28. The van der Waals surface area contributed by atoms with Crippen LogP contribution in [-0.2, 0) is 16.5 Å². The van der Waals surface area contributed by atoms with Gasteiger partial charge in [0.2, 0.25) is 0 Å². The molecule has 0 amide bonds. The molecule has 0 aliphatic heterocycles. The van der Waals surface area contributed by atoms with E-state index in [1.165, 1.54) is 34.8 Å². The van der Waals surface area contributed by atoms with Crippen molar-refractivity contribution >= 4 is 70.9 Å². The number of quaternary nitrogens is 1. The van der Waals surface area contributed by atoms with Crippen LogP contribution in [0.5, 0.6) is 5.75 Å². The van der Waals surface area contributed by atoms with Gasteiger partial charge in [-0.05, 0) is 61.7 Å². The molecule has 3 aromatic heterocycles. The number of para-hydroxylation sites is 1. The van der Waals surface area contributed by atoms with Crippen LogP contribution >= 0.6 is 22.7 Å². The van der Waals surface area contributed by atoms with Crippen LogP contribution in [0, 0.1) is 24.6 Å². The first-order valence-electron chi connectivity index (χ1n) is 17.0. The average molecular weight is 798 g/mol. The highest BCUT2D eigenvalue weighted by Gasteiger charge is 2.22. The second kappa shape index (κ2) is 18.0. The van der Waals surface area contributed by atoms with E-state index in [-0.39, 0.29) is 23.8 Å². The number of hydrogen-bond donors (Lipinski definition) is 4. The molecule has 286 valence electrons. The lowest BCUT2D eigenvalue weighted by Gasteiger charge is -2.29. The number of rotatable bonds is 18. The van der Waals surface area contributed by atoms with Crippen LogP contribution in [0.3, 0.4) is 0 Å². The second-order valence-corrected chi connectivity index (χ2v) is 16.7. The summed E-state index contributed by atoms with van der Waals surface area (Å²) in [5, 5.41) is 26.1. The minimum absolute atomic E-state index is 0.0531. The maximum Gasteiger partial charge on any atom is 0.355 e. The zero-order valence-electron chi connectivity index (χ0n) is 30.3. The normalized spacial score (nSPS) is 11.7. The number of nitrogens with zero attached hydrogens (tertiary/aromatic N) is 6. The van der Waals surface area contributed by atoms with Crippen LogP contribution in [0.25, 0.3) is 10.2 Å². The predicted molar refractivity (Wildman–Crippen MR) is 210 cm³/mol. The van der Waals surface area contributed by atoms with Gasteiger partial charge in [-0.1, -0.05) is 35.3 Å². The van der Waals surface area contributed by atoms with Crippen molar-refractivity contribution in [2.75, 3.05) is 69.9 Å². The number of aromatic nitrogens is 4. The van der Waals surface area contributed by atoms with Crippen LogP contribution in [0.4, 0.5) is 26.3 Å². The van der Waals surface area contributed by atoms with Crippen LogP contribution in [0.1, 0.15) is 39.3 Å². The van der Waals surface area contributed by atoms with Gasteiger partial charge in [-0.15, -0.1) is 21.5 Å². The third kappa shape index (κ3) is 11.6. The molecule has 14 nitrogen and oxygen atoms in total. The van der Waals surface area contributed by atoms with E-state index >= 15 is 0 Å². The van der Waals surface area contributed by atoms with E-state index in [2.05, 4.69) is 42.6 Å². The largest absolute Gasteiger partial charge is 0.491 e. The van der Waals surface area contributed by atoms with Crippen molar-refractivity contribution in [3.63, 3.8) is 0 Å². The summed E-state index contributed by atoms with van der Waals surface area (Å²) in [5.74, 6) is 5.07. The first kappa shape index (κ1) is 40.4. The summed E-state index contributed by atoms with van der Waals surface area (Å²) in [4.78, 5) is 23.3. The number of benzene rings is 2.